The van der Waals surface area contributed by atoms with Crippen LogP contribution < -0.4 is 0 Å². The number of hydrogen-bond donors (Lipinski definition) is 0. The lowest BCUT2D eigenvalue weighted by molar-refractivity contribution is 0.104. The summed E-state index contributed by atoms with van der Waals surface area (Å²) in [5, 5.41) is 0. The fraction of sp³-hybridized carbons (Fsp3) is 0. The molecular weight excluding hydrogens is 124 g/mol. The van der Waals surface area contributed by atoms with Gasteiger partial charge in [-0.15, -0.1) is 0 Å². The number of rotatable bonds is 0. The van der Waals surface area contributed by atoms with Gasteiger partial charge in [-0.1, -0.05) is 30.8 Å². The van der Waals surface area contributed by atoms with Crippen molar-refractivity contribution >= 4 is 11.4 Å². The predicted octanol–water partition coefficient (Wildman–Crippen LogP) is 1.90. The molecule has 10 heavy (non-hydrogen) atoms. The smallest absolute Gasteiger partial charge is 0.193 e. The first kappa shape index (κ1) is 3.71. The van der Waals surface area contributed by atoms with E-state index in [9.17, 15) is 4.79 Å². The minimum absolute atomic E-state index is 0.175. The number of benzene rings is 1. The largest absolute Gasteiger partial charge is 0.289 e. The van der Waals surface area contributed by atoms with Crippen molar-refractivity contribution in [1.82, 2.24) is 0 Å². The number of fused-ring (bicyclic) bond motifs is 1. The van der Waals surface area contributed by atoms with Crippen molar-refractivity contribution in [2.24, 2.45) is 0 Å². The van der Waals surface area contributed by atoms with Gasteiger partial charge in [0.1, 0.15) is 0 Å². The topological polar surface area (TPSA) is 17.1 Å². The Balaban J connectivity index is 2.66. The van der Waals surface area contributed by atoms with Crippen molar-refractivity contribution in [2.45, 2.75) is 0 Å². The van der Waals surface area contributed by atoms with Gasteiger partial charge in [-0.25, -0.2) is 0 Å². The average Bonchev–Trinajstić information content (AvgIpc) is 2.03. The fourth-order valence-corrected chi connectivity index (χ4v) is 1.09. The first-order chi connectivity index (χ1) is 5.72. The second-order valence-electron chi connectivity index (χ2n) is 2.25. The van der Waals surface area contributed by atoms with Crippen molar-refractivity contribution in [3.63, 3.8) is 0 Å². The summed E-state index contributed by atoms with van der Waals surface area (Å²) in [5.41, 5.74) is 1.61. The Morgan fingerprint density at radius 1 is 1.30 bits per heavy atom. The average molecular weight is 132 g/mol. The summed E-state index contributed by atoms with van der Waals surface area (Å²) < 4.78 is 14.0. The Morgan fingerprint density at radius 3 is 2.70 bits per heavy atom. The summed E-state index contributed by atoms with van der Waals surface area (Å²) in [6.07, 6.45) is 0. The minimum atomic E-state index is -0.390. The van der Waals surface area contributed by atoms with Gasteiger partial charge in [0.25, 0.3) is 0 Å². The zero-order valence-electron chi connectivity index (χ0n) is 7.22. The zero-order chi connectivity index (χ0) is 8.72. The number of Topliss-reactive ketones (excluding diaryl/α,β-unsaturated/α-hetero) is 1. The molecule has 1 aromatic carbocycles. The molecule has 0 aliphatic heterocycles. The lowest BCUT2D eigenvalue weighted by atomic mass is 9.83. The molecule has 0 N–H and O–H groups in total. The highest BCUT2D eigenvalue weighted by Crippen LogP contribution is 2.31. The summed E-state index contributed by atoms with van der Waals surface area (Å²) in [7, 11) is 0. The zero-order valence-corrected chi connectivity index (χ0v) is 5.22. The van der Waals surface area contributed by atoms with Crippen LogP contribution in [0.1, 0.15) is 18.7 Å². The first-order valence-electron chi connectivity index (χ1n) is 4.03. The van der Waals surface area contributed by atoms with E-state index >= 15 is 0 Å². The van der Waals surface area contributed by atoms with E-state index in [0.29, 0.717) is 5.56 Å². The summed E-state index contributed by atoms with van der Waals surface area (Å²) >= 11 is 0. The molecule has 0 saturated carbocycles. The molecule has 0 atom stereocenters. The lowest BCUT2D eigenvalue weighted by Gasteiger charge is -2.18. The Morgan fingerprint density at radius 2 is 2.00 bits per heavy atom. The van der Waals surface area contributed by atoms with Gasteiger partial charge in [-0.2, -0.15) is 0 Å². The molecule has 0 spiro atoms. The quantitative estimate of drug-likeness (QED) is 0.493. The number of allylic oxidation sites excluding steroid dienone is 1. The van der Waals surface area contributed by atoms with Gasteiger partial charge in [0.05, 0.1) is 2.74 Å². The van der Waals surface area contributed by atoms with Crippen molar-refractivity contribution in [1.29, 1.82) is 0 Å². The van der Waals surface area contributed by atoms with Crippen LogP contribution in [0.5, 0.6) is 0 Å². The van der Waals surface area contributed by atoms with E-state index in [4.69, 9.17) is 2.74 Å². The molecule has 0 fully saturated rings. The highest BCUT2D eigenvalue weighted by Gasteiger charge is 2.26. The van der Waals surface area contributed by atoms with Crippen molar-refractivity contribution in [3.05, 3.63) is 41.9 Å². The van der Waals surface area contributed by atoms with E-state index in [0.717, 1.165) is 5.56 Å². The van der Waals surface area contributed by atoms with Gasteiger partial charge in [0.15, 0.2) is 5.78 Å². The van der Waals surface area contributed by atoms with Crippen LogP contribution in [0.2, 0.25) is 0 Å². The molecule has 0 aromatic heterocycles. The molecule has 1 aromatic rings. The normalized spacial score (nSPS) is 16.8. The summed E-state index contributed by atoms with van der Waals surface area (Å²) in [6, 6.07) is 7.05. The van der Waals surface area contributed by atoms with Gasteiger partial charge in [-0.05, 0) is 5.56 Å². The van der Waals surface area contributed by atoms with E-state index in [-0.39, 0.29) is 11.4 Å². The van der Waals surface area contributed by atoms with Crippen LogP contribution in [0.3, 0.4) is 0 Å². The highest BCUT2D eigenvalue weighted by atomic mass is 16.1. The minimum Gasteiger partial charge on any atom is -0.289 e. The third-order valence-electron chi connectivity index (χ3n) is 1.67. The van der Waals surface area contributed by atoms with E-state index < -0.39 is 6.53 Å². The fourth-order valence-electron chi connectivity index (χ4n) is 1.09. The van der Waals surface area contributed by atoms with Crippen LogP contribution in [0.25, 0.3) is 5.57 Å². The molecule has 48 valence electrons. The second-order valence-corrected chi connectivity index (χ2v) is 2.25. The molecule has 0 bridgehead atoms. The maximum Gasteiger partial charge on any atom is 0.193 e. The Kier molecular flexibility index (Phi) is 0.582. The number of ketones is 1. The third kappa shape index (κ3) is 0.449. The maximum absolute atomic E-state index is 11.2. The van der Waals surface area contributed by atoms with Crippen LogP contribution in [-0.4, -0.2) is 5.78 Å². The first-order valence-corrected chi connectivity index (χ1v) is 3.03. The lowest BCUT2D eigenvalue weighted by Crippen LogP contribution is -2.15. The highest BCUT2D eigenvalue weighted by molar-refractivity contribution is 6.38. The molecule has 2 rings (SSSR count). The molecule has 0 heterocycles. The molecule has 1 nitrogen and oxygen atoms in total. The number of carbonyl (C=O) groups is 1. The van der Waals surface area contributed by atoms with E-state index in [1.54, 1.807) is 24.3 Å². The van der Waals surface area contributed by atoms with Gasteiger partial charge >= 0.3 is 0 Å². The summed E-state index contributed by atoms with van der Waals surface area (Å²) in [6.45, 7) is -0.390. The van der Waals surface area contributed by atoms with Crippen LogP contribution in [0.4, 0.5) is 0 Å². The summed E-state index contributed by atoms with van der Waals surface area (Å²) in [5.74, 6) is -0.175. The van der Waals surface area contributed by atoms with Gasteiger partial charge in [-0.3, -0.25) is 4.79 Å². The Hall–Kier alpha value is -1.37. The molecule has 0 radical (unpaired) electrons. The standard InChI is InChI=1S/C9H6O/c1-6-7-4-2-3-5-8(7)9(6)10/h2-5H,1H2/i1D2. The van der Waals surface area contributed by atoms with Crippen molar-refractivity contribution in [2.75, 3.05) is 0 Å². The van der Waals surface area contributed by atoms with Gasteiger partial charge < -0.3 is 0 Å². The molecule has 0 unspecified atom stereocenters. The Labute approximate surface area is 61.8 Å². The monoisotopic (exact) mass is 132 g/mol. The second kappa shape index (κ2) is 1.57. The summed E-state index contributed by atoms with van der Waals surface area (Å²) in [4.78, 5) is 11.2. The van der Waals surface area contributed by atoms with Crippen LogP contribution in [-0.2, 0) is 0 Å². The number of carbonyl (C=O) groups excluding carboxylic acids is 1. The van der Waals surface area contributed by atoms with Crippen molar-refractivity contribution in [3.8, 4) is 0 Å². The predicted molar refractivity (Wildman–Crippen MR) is 39.8 cm³/mol. The molecule has 0 amide bonds. The van der Waals surface area contributed by atoms with Crippen LogP contribution in [0, 0.1) is 0 Å². The third-order valence-corrected chi connectivity index (χ3v) is 1.67. The molecular formula is C9H6O. The molecule has 1 aliphatic rings. The van der Waals surface area contributed by atoms with E-state index in [1.165, 1.54) is 0 Å². The van der Waals surface area contributed by atoms with Crippen LogP contribution in [0.15, 0.2) is 30.8 Å². The maximum atomic E-state index is 11.2. The molecule has 1 aliphatic carbocycles. The van der Waals surface area contributed by atoms with Gasteiger partial charge in [0.2, 0.25) is 0 Å². The molecule has 0 saturated heterocycles. The van der Waals surface area contributed by atoms with E-state index in [2.05, 4.69) is 0 Å². The SMILES string of the molecule is [2H]C([2H])=C1C(=O)c2ccccc21. The Bertz CT molecular complexity index is 389. The molecule has 1 heteroatoms. The van der Waals surface area contributed by atoms with Crippen molar-refractivity contribution < 1.29 is 7.54 Å². The van der Waals surface area contributed by atoms with Gasteiger partial charge in [0, 0.05) is 11.1 Å². The van der Waals surface area contributed by atoms with E-state index in [1.807, 2.05) is 0 Å². The van der Waals surface area contributed by atoms with Crippen LogP contribution >= 0.6 is 0 Å². The number of hydrogen-bond acceptors (Lipinski definition) is 1.